The van der Waals surface area contributed by atoms with Crippen LogP contribution in [0, 0.1) is 5.41 Å². The molecular weight excluding hydrogens is 332 g/mol. The minimum absolute atomic E-state index is 0.0310. The number of carbonyl (C=O) groups excluding carboxylic acids is 1. The molecule has 3 heterocycles. The van der Waals surface area contributed by atoms with Crippen molar-refractivity contribution in [1.82, 2.24) is 9.88 Å². The van der Waals surface area contributed by atoms with Gasteiger partial charge in [-0.15, -0.1) is 0 Å². The highest BCUT2D eigenvalue weighted by Gasteiger charge is 2.49. The Balaban J connectivity index is 1.70. The zero-order chi connectivity index (χ0) is 17.2. The molecule has 1 amide bonds. The molecule has 24 heavy (non-hydrogen) atoms. The van der Waals surface area contributed by atoms with Crippen LogP contribution in [0.2, 0.25) is 0 Å². The van der Waals surface area contributed by atoms with Crippen LogP contribution < -0.4 is 4.74 Å². The molecule has 0 saturated carbocycles. The van der Waals surface area contributed by atoms with Gasteiger partial charge in [-0.25, -0.2) is 13.4 Å². The number of piperidine rings is 1. The van der Waals surface area contributed by atoms with E-state index in [9.17, 15) is 13.2 Å². The number of sulfone groups is 1. The SMILES string of the molecule is CS(=O)(=O)CC(=O)N1CC[C@@H]2OCC[C@]2(COc2ccccn2)C1. The van der Waals surface area contributed by atoms with Crippen LogP contribution in [-0.4, -0.2) is 68.6 Å². The van der Waals surface area contributed by atoms with Gasteiger partial charge < -0.3 is 14.4 Å². The van der Waals surface area contributed by atoms with Crippen LogP contribution in [0.15, 0.2) is 24.4 Å². The Morgan fingerprint density at radius 1 is 1.50 bits per heavy atom. The number of carbonyl (C=O) groups is 1. The summed E-state index contributed by atoms with van der Waals surface area (Å²) in [5, 5.41) is 0. The second kappa shape index (κ2) is 6.68. The Hall–Kier alpha value is -1.67. The van der Waals surface area contributed by atoms with Gasteiger partial charge in [-0.2, -0.15) is 0 Å². The Labute approximate surface area is 141 Å². The fourth-order valence-corrected chi connectivity index (χ4v) is 4.07. The van der Waals surface area contributed by atoms with Gasteiger partial charge in [-0.05, 0) is 18.9 Å². The summed E-state index contributed by atoms with van der Waals surface area (Å²) in [4.78, 5) is 18.1. The highest BCUT2D eigenvalue weighted by atomic mass is 32.2. The number of hydrogen-bond donors (Lipinski definition) is 0. The maximum absolute atomic E-state index is 12.3. The molecule has 0 spiro atoms. The number of likely N-dealkylation sites (tertiary alicyclic amines) is 1. The molecule has 7 nitrogen and oxygen atoms in total. The number of pyridine rings is 1. The maximum Gasteiger partial charge on any atom is 0.237 e. The van der Waals surface area contributed by atoms with E-state index in [1.807, 2.05) is 12.1 Å². The van der Waals surface area contributed by atoms with Gasteiger partial charge in [0.25, 0.3) is 0 Å². The normalized spacial score (nSPS) is 26.9. The molecule has 0 unspecified atom stereocenters. The van der Waals surface area contributed by atoms with E-state index in [1.54, 1.807) is 17.2 Å². The summed E-state index contributed by atoms with van der Waals surface area (Å²) in [7, 11) is -3.33. The van der Waals surface area contributed by atoms with Crippen LogP contribution in [0.3, 0.4) is 0 Å². The number of aromatic nitrogens is 1. The Bertz CT molecular complexity index is 694. The molecule has 0 N–H and O–H groups in total. The third-order valence-corrected chi connectivity index (χ3v) is 5.42. The van der Waals surface area contributed by atoms with Gasteiger partial charge in [-0.1, -0.05) is 6.07 Å². The minimum atomic E-state index is -3.33. The largest absolute Gasteiger partial charge is 0.477 e. The highest BCUT2D eigenvalue weighted by Crippen LogP contribution is 2.41. The standard InChI is InChI=1S/C16H22N2O5S/c1-24(20,21)10-15(19)18-8-5-13-16(11-18,6-9-22-13)12-23-14-4-2-3-7-17-14/h2-4,7,13H,5-6,8-12H2,1H3/t13-,16+/m0/s1. The van der Waals surface area contributed by atoms with Crippen molar-refractivity contribution >= 4 is 15.7 Å². The molecule has 2 aliphatic rings. The van der Waals surface area contributed by atoms with Crippen LogP contribution in [0.4, 0.5) is 0 Å². The summed E-state index contributed by atoms with van der Waals surface area (Å²) in [6.07, 6.45) is 4.26. The van der Waals surface area contributed by atoms with Gasteiger partial charge >= 0.3 is 0 Å². The van der Waals surface area contributed by atoms with Crippen molar-refractivity contribution in [3.8, 4) is 5.88 Å². The molecule has 8 heteroatoms. The number of ether oxygens (including phenoxy) is 2. The lowest BCUT2D eigenvalue weighted by Gasteiger charge is -2.43. The third-order valence-electron chi connectivity index (χ3n) is 4.65. The summed E-state index contributed by atoms with van der Waals surface area (Å²) >= 11 is 0. The lowest BCUT2D eigenvalue weighted by molar-refractivity contribution is -0.135. The van der Waals surface area contributed by atoms with Crippen molar-refractivity contribution in [2.24, 2.45) is 5.41 Å². The predicted octanol–water partition coefficient (Wildman–Crippen LogP) is 0.513. The quantitative estimate of drug-likeness (QED) is 0.766. The molecule has 2 fully saturated rings. The van der Waals surface area contributed by atoms with Gasteiger partial charge in [0.2, 0.25) is 11.8 Å². The fourth-order valence-electron chi connectivity index (χ4n) is 3.43. The first kappa shape index (κ1) is 17.2. The fraction of sp³-hybridized carbons (Fsp3) is 0.625. The van der Waals surface area contributed by atoms with Crippen LogP contribution in [0.5, 0.6) is 5.88 Å². The third kappa shape index (κ3) is 3.87. The number of amides is 1. The number of hydrogen-bond acceptors (Lipinski definition) is 6. The van der Waals surface area contributed by atoms with E-state index in [4.69, 9.17) is 9.47 Å². The number of rotatable bonds is 5. The van der Waals surface area contributed by atoms with Crippen molar-refractivity contribution < 1.29 is 22.7 Å². The molecule has 1 aromatic rings. The molecule has 3 rings (SSSR count). The molecule has 2 aliphatic heterocycles. The molecule has 0 aliphatic carbocycles. The summed E-state index contributed by atoms with van der Waals surface area (Å²) in [6, 6.07) is 5.46. The van der Waals surface area contributed by atoms with Gasteiger partial charge in [-0.3, -0.25) is 4.79 Å². The van der Waals surface area contributed by atoms with Gasteiger partial charge in [0, 0.05) is 38.2 Å². The van der Waals surface area contributed by atoms with Crippen LogP contribution in [-0.2, 0) is 19.4 Å². The zero-order valence-electron chi connectivity index (χ0n) is 13.7. The summed E-state index contributed by atoms with van der Waals surface area (Å²) in [6.45, 7) is 2.00. The van der Waals surface area contributed by atoms with E-state index in [0.29, 0.717) is 38.6 Å². The average Bonchev–Trinajstić information content (AvgIpc) is 2.95. The smallest absolute Gasteiger partial charge is 0.237 e. The Morgan fingerprint density at radius 3 is 3.04 bits per heavy atom. The number of fused-ring (bicyclic) bond motifs is 1. The Kier molecular flexibility index (Phi) is 4.78. The van der Waals surface area contributed by atoms with Gasteiger partial charge in [0.05, 0.1) is 18.1 Å². The molecule has 132 valence electrons. The molecule has 0 aromatic carbocycles. The lowest BCUT2D eigenvalue weighted by Crippen LogP contribution is -2.55. The van der Waals surface area contributed by atoms with Crippen LogP contribution >= 0.6 is 0 Å². The number of nitrogens with zero attached hydrogens (tertiary/aromatic N) is 2. The molecule has 0 bridgehead atoms. The van der Waals surface area contributed by atoms with Crippen LogP contribution in [0.25, 0.3) is 0 Å². The van der Waals surface area contributed by atoms with Crippen molar-refractivity contribution in [3.63, 3.8) is 0 Å². The minimum Gasteiger partial charge on any atom is -0.477 e. The average molecular weight is 354 g/mol. The molecular formula is C16H22N2O5S. The maximum atomic E-state index is 12.3. The van der Waals surface area contributed by atoms with E-state index in [-0.39, 0.29) is 17.4 Å². The van der Waals surface area contributed by atoms with Crippen molar-refractivity contribution in [2.45, 2.75) is 18.9 Å². The van der Waals surface area contributed by atoms with Crippen molar-refractivity contribution in [1.29, 1.82) is 0 Å². The van der Waals surface area contributed by atoms with E-state index in [2.05, 4.69) is 4.98 Å². The molecule has 1 aromatic heterocycles. The second-order valence-corrected chi connectivity index (χ2v) is 8.74. The van der Waals surface area contributed by atoms with Gasteiger partial charge in [0.15, 0.2) is 9.84 Å². The highest BCUT2D eigenvalue weighted by molar-refractivity contribution is 7.91. The molecule has 0 radical (unpaired) electrons. The first-order valence-corrected chi connectivity index (χ1v) is 10.0. The Morgan fingerprint density at radius 2 is 2.33 bits per heavy atom. The lowest BCUT2D eigenvalue weighted by atomic mass is 9.77. The molecule has 2 saturated heterocycles. The van der Waals surface area contributed by atoms with Crippen molar-refractivity contribution in [3.05, 3.63) is 24.4 Å². The first-order valence-electron chi connectivity index (χ1n) is 7.99. The van der Waals surface area contributed by atoms with E-state index in [1.165, 1.54) is 0 Å². The van der Waals surface area contributed by atoms with E-state index in [0.717, 1.165) is 12.7 Å². The van der Waals surface area contributed by atoms with Crippen LogP contribution in [0.1, 0.15) is 12.8 Å². The van der Waals surface area contributed by atoms with E-state index >= 15 is 0 Å². The molecule has 2 atom stereocenters. The zero-order valence-corrected chi connectivity index (χ0v) is 14.5. The second-order valence-electron chi connectivity index (χ2n) is 6.60. The van der Waals surface area contributed by atoms with Gasteiger partial charge in [0.1, 0.15) is 5.75 Å². The van der Waals surface area contributed by atoms with E-state index < -0.39 is 15.6 Å². The summed E-state index contributed by atoms with van der Waals surface area (Å²) in [5.41, 5.74) is -0.303. The topological polar surface area (TPSA) is 85.8 Å². The summed E-state index contributed by atoms with van der Waals surface area (Å²) < 4.78 is 34.4. The first-order chi connectivity index (χ1) is 11.4. The summed E-state index contributed by atoms with van der Waals surface area (Å²) in [5.74, 6) is -0.257. The van der Waals surface area contributed by atoms with Crippen molar-refractivity contribution in [2.75, 3.05) is 38.3 Å². The predicted molar refractivity (Wildman–Crippen MR) is 87.4 cm³/mol. The monoisotopic (exact) mass is 354 g/mol.